The molecule has 0 atom stereocenters. The van der Waals surface area contributed by atoms with Crippen LogP contribution in [-0.4, -0.2) is 4.57 Å². The van der Waals surface area contributed by atoms with Gasteiger partial charge in [0.05, 0.1) is 11.0 Å². The number of hydrogen-bond donors (Lipinski definition) is 1. The monoisotopic (exact) mass is 728 g/mol. The van der Waals surface area contributed by atoms with Gasteiger partial charge in [-0.1, -0.05) is 176 Å². The zero-order valence-corrected chi connectivity index (χ0v) is 31.7. The van der Waals surface area contributed by atoms with Gasteiger partial charge in [0.1, 0.15) is 0 Å². The Labute approximate surface area is 333 Å². The number of fused-ring (bicyclic) bond motifs is 7. The van der Waals surface area contributed by atoms with Gasteiger partial charge < -0.3 is 9.88 Å². The Kier molecular flexibility index (Phi) is 8.78. The number of nitrogens with zero attached hydrogens (tertiary/aromatic N) is 1. The number of aryl methyl sites for hydroxylation is 1. The number of rotatable bonds is 6. The van der Waals surface area contributed by atoms with Crippen LogP contribution < -0.4 is 5.32 Å². The number of para-hydroxylation sites is 3. The van der Waals surface area contributed by atoms with E-state index in [1.165, 1.54) is 65.7 Å². The molecule has 1 N–H and O–H groups in total. The lowest BCUT2D eigenvalue weighted by atomic mass is 9.88. The minimum absolute atomic E-state index is 1.02. The molecule has 10 aromatic rings. The highest BCUT2D eigenvalue weighted by molar-refractivity contribution is 6.19. The normalized spacial score (nSPS) is 11.2. The van der Waals surface area contributed by atoms with Crippen LogP contribution in [0.3, 0.4) is 0 Å². The van der Waals surface area contributed by atoms with Gasteiger partial charge in [-0.2, -0.15) is 0 Å². The van der Waals surface area contributed by atoms with E-state index in [9.17, 15) is 0 Å². The SMILES string of the molecule is Cc1ccccc1-c1ccccc1-c1ccccc1-c1ccccc1Nc1ccc(-n2c3ccccc3c3ccccc3c3ccccc3c3ccccc32)cc1. The maximum Gasteiger partial charge on any atom is 0.0540 e. The van der Waals surface area contributed by atoms with Crippen molar-refractivity contribution in [2.24, 2.45) is 0 Å². The third kappa shape index (κ3) is 6.18. The van der Waals surface area contributed by atoms with E-state index in [4.69, 9.17) is 0 Å². The molecule has 0 saturated heterocycles. The molecule has 270 valence electrons. The standard InChI is InChI=1S/C55H40N2/c1-38-18-2-3-19-41(38)42-20-4-5-21-43(42)44-22-6-9-25-47(44)50-28-12-15-31-53(50)56-39-34-36-40(37-35-39)57-54-32-16-13-29-51(54)48-26-10-7-23-45(48)46-24-8-11-27-49(46)52-30-14-17-33-55(52)57/h2-37,56H,1H3. The minimum Gasteiger partial charge on any atom is -0.355 e. The summed E-state index contributed by atoms with van der Waals surface area (Å²) in [6.45, 7) is 2.19. The molecule has 0 aliphatic rings. The minimum atomic E-state index is 1.02. The Hall–Kier alpha value is -7.42. The first-order valence-corrected chi connectivity index (χ1v) is 19.6. The van der Waals surface area contributed by atoms with Crippen molar-refractivity contribution in [3.05, 3.63) is 224 Å². The van der Waals surface area contributed by atoms with E-state index in [2.05, 4.69) is 235 Å². The Bertz CT molecular complexity index is 3060. The van der Waals surface area contributed by atoms with E-state index in [1.54, 1.807) is 0 Å². The number of anilines is 2. The maximum absolute atomic E-state index is 3.81. The van der Waals surface area contributed by atoms with Gasteiger partial charge in [0, 0.05) is 33.4 Å². The van der Waals surface area contributed by atoms with Crippen LogP contribution in [0.1, 0.15) is 5.56 Å². The van der Waals surface area contributed by atoms with Gasteiger partial charge in [0.2, 0.25) is 0 Å². The van der Waals surface area contributed by atoms with Crippen LogP contribution in [0.2, 0.25) is 0 Å². The average molecular weight is 729 g/mol. The van der Waals surface area contributed by atoms with Crippen LogP contribution in [0.15, 0.2) is 218 Å². The maximum atomic E-state index is 3.81. The van der Waals surface area contributed by atoms with Crippen molar-refractivity contribution in [1.29, 1.82) is 0 Å². The summed E-state index contributed by atoms with van der Waals surface area (Å²) in [6, 6.07) is 78.8. The summed E-state index contributed by atoms with van der Waals surface area (Å²) in [5.74, 6) is 0. The van der Waals surface area contributed by atoms with E-state index in [-0.39, 0.29) is 0 Å². The first-order valence-electron chi connectivity index (χ1n) is 19.6. The van der Waals surface area contributed by atoms with Crippen molar-refractivity contribution in [2.75, 3.05) is 5.32 Å². The summed E-state index contributed by atoms with van der Waals surface area (Å²) in [7, 11) is 0. The molecule has 0 saturated carbocycles. The van der Waals surface area contributed by atoms with E-state index in [0.29, 0.717) is 0 Å². The number of nitrogens with one attached hydrogen (secondary N) is 1. The van der Waals surface area contributed by atoms with Gasteiger partial charge in [-0.05, 0) is 104 Å². The van der Waals surface area contributed by atoms with Gasteiger partial charge in [-0.25, -0.2) is 0 Å². The lowest BCUT2D eigenvalue weighted by molar-refractivity contribution is 1.17. The number of benzene rings is 9. The zero-order chi connectivity index (χ0) is 38.1. The fourth-order valence-electron chi connectivity index (χ4n) is 8.56. The molecule has 0 aliphatic carbocycles. The van der Waals surface area contributed by atoms with Crippen molar-refractivity contribution in [2.45, 2.75) is 6.92 Å². The summed E-state index contributed by atoms with van der Waals surface area (Å²) < 4.78 is 2.42. The van der Waals surface area contributed by atoms with Crippen LogP contribution in [-0.2, 0) is 0 Å². The number of aromatic nitrogens is 1. The highest BCUT2D eigenvalue weighted by Gasteiger charge is 2.16. The average Bonchev–Trinajstić information content (AvgIpc) is 3.32. The molecule has 1 heterocycles. The molecule has 57 heavy (non-hydrogen) atoms. The molecular weight excluding hydrogens is 689 g/mol. The predicted octanol–water partition coefficient (Wildman–Crippen LogP) is 15.3. The molecule has 0 amide bonds. The van der Waals surface area contributed by atoms with Gasteiger partial charge in [-0.15, -0.1) is 0 Å². The van der Waals surface area contributed by atoms with E-state index in [1.807, 2.05) is 0 Å². The highest BCUT2D eigenvalue weighted by Crippen LogP contribution is 2.42. The van der Waals surface area contributed by atoms with Crippen LogP contribution >= 0.6 is 0 Å². The quantitative estimate of drug-likeness (QED) is 0.180. The number of hydrogen-bond acceptors (Lipinski definition) is 1. The molecular formula is C55H40N2. The van der Waals surface area contributed by atoms with Gasteiger partial charge >= 0.3 is 0 Å². The first-order chi connectivity index (χ1) is 28.2. The molecule has 2 nitrogen and oxygen atoms in total. The van der Waals surface area contributed by atoms with E-state index >= 15 is 0 Å². The molecule has 0 aliphatic heterocycles. The predicted molar refractivity (Wildman–Crippen MR) is 244 cm³/mol. The summed E-state index contributed by atoms with van der Waals surface area (Å²) in [5, 5.41) is 11.1. The highest BCUT2D eigenvalue weighted by atomic mass is 15.0. The van der Waals surface area contributed by atoms with Crippen molar-refractivity contribution in [3.63, 3.8) is 0 Å². The van der Waals surface area contributed by atoms with Crippen LogP contribution in [0.25, 0.3) is 82.4 Å². The van der Waals surface area contributed by atoms with E-state index in [0.717, 1.165) is 33.7 Å². The summed E-state index contributed by atoms with van der Waals surface area (Å²) >= 11 is 0. The largest absolute Gasteiger partial charge is 0.355 e. The Morgan fingerprint density at radius 2 is 0.649 bits per heavy atom. The zero-order valence-electron chi connectivity index (χ0n) is 31.7. The first kappa shape index (κ1) is 34.1. The molecule has 1 aromatic heterocycles. The van der Waals surface area contributed by atoms with Crippen LogP contribution in [0.4, 0.5) is 11.4 Å². The third-order valence-corrected chi connectivity index (χ3v) is 11.2. The fourth-order valence-corrected chi connectivity index (χ4v) is 8.56. The lowest BCUT2D eigenvalue weighted by Gasteiger charge is -2.19. The second-order valence-electron chi connectivity index (χ2n) is 14.6. The topological polar surface area (TPSA) is 17.0 Å². The molecule has 9 aromatic carbocycles. The van der Waals surface area contributed by atoms with Gasteiger partial charge in [0.15, 0.2) is 0 Å². The smallest absolute Gasteiger partial charge is 0.0540 e. The van der Waals surface area contributed by atoms with Crippen molar-refractivity contribution in [3.8, 4) is 39.1 Å². The van der Waals surface area contributed by atoms with Crippen LogP contribution in [0.5, 0.6) is 0 Å². The third-order valence-electron chi connectivity index (χ3n) is 11.2. The van der Waals surface area contributed by atoms with Crippen molar-refractivity contribution >= 4 is 54.7 Å². The molecule has 2 heteroatoms. The van der Waals surface area contributed by atoms with Gasteiger partial charge in [0.25, 0.3) is 0 Å². The lowest BCUT2D eigenvalue weighted by Crippen LogP contribution is -1.99. The molecule has 0 bridgehead atoms. The Morgan fingerprint density at radius 1 is 0.298 bits per heavy atom. The Balaban J connectivity index is 1.11. The summed E-state index contributed by atoms with van der Waals surface area (Å²) in [6.07, 6.45) is 0. The molecule has 0 spiro atoms. The summed E-state index contributed by atoms with van der Waals surface area (Å²) in [5.41, 5.74) is 13.9. The molecule has 0 radical (unpaired) electrons. The van der Waals surface area contributed by atoms with Crippen LogP contribution in [0, 0.1) is 6.92 Å². The molecule has 0 fully saturated rings. The summed E-state index contributed by atoms with van der Waals surface area (Å²) in [4.78, 5) is 0. The fraction of sp³-hybridized carbons (Fsp3) is 0.0182. The second kappa shape index (κ2) is 14.7. The second-order valence-corrected chi connectivity index (χ2v) is 14.6. The Morgan fingerprint density at radius 3 is 1.16 bits per heavy atom. The van der Waals surface area contributed by atoms with Gasteiger partial charge in [-0.3, -0.25) is 0 Å². The van der Waals surface area contributed by atoms with E-state index < -0.39 is 0 Å². The molecule has 10 rings (SSSR count). The van der Waals surface area contributed by atoms with Crippen molar-refractivity contribution < 1.29 is 0 Å². The molecule has 0 unspecified atom stereocenters. The van der Waals surface area contributed by atoms with Crippen molar-refractivity contribution in [1.82, 2.24) is 4.57 Å².